The summed E-state index contributed by atoms with van der Waals surface area (Å²) in [7, 11) is 0. The summed E-state index contributed by atoms with van der Waals surface area (Å²) < 4.78 is 0. The van der Waals surface area contributed by atoms with E-state index in [0.717, 1.165) is 12.5 Å². The molecule has 96 valence electrons. The van der Waals surface area contributed by atoms with Gasteiger partial charge in [-0.15, -0.1) is 6.42 Å². The lowest BCUT2D eigenvalue weighted by Gasteiger charge is -2.10. The molecule has 0 aliphatic carbocycles. The van der Waals surface area contributed by atoms with Crippen LogP contribution in [0.25, 0.3) is 0 Å². The molecular weight excluding hydrogens is 222 g/mol. The first kappa shape index (κ1) is 14.1. The van der Waals surface area contributed by atoms with Crippen LogP contribution in [0, 0.1) is 26.2 Å². The third-order valence-corrected chi connectivity index (χ3v) is 2.61. The maximum Gasteiger partial charge on any atom is 0.192 e. The lowest BCUT2D eigenvalue weighted by molar-refractivity contribution is 0.863. The number of benzene rings is 1. The zero-order chi connectivity index (χ0) is 13.4. The van der Waals surface area contributed by atoms with E-state index in [1.165, 1.54) is 16.7 Å². The molecule has 1 aromatic carbocycles. The highest BCUT2D eigenvalue weighted by Crippen LogP contribution is 2.11. The molecule has 0 aromatic heterocycles. The average Bonchev–Trinajstić information content (AvgIpc) is 2.34. The van der Waals surface area contributed by atoms with E-state index in [4.69, 9.17) is 6.42 Å². The summed E-state index contributed by atoms with van der Waals surface area (Å²) in [5.74, 6) is 3.30. The lowest BCUT2D eigenvalue weighted by Crippen LogP contribution is -2.37. The Morgan fingerprint density at radius 2 is 2.11 bits per heavy atom. The zero-order valence-electron chi connectivity index (χ0n) is 11.4. The highest BCUT2D eigenvalue weighted by molar-refractivity contribution is 5.80. The normalized spacial score (nSPS) is 10.9. The molecule has 1 rings (SSSR count). The fraction of sp³-hybridized carbons (Fsp3) is 0.400. The molecule has 0 radical (unpaired) electrons. The van der Waals surface area contributed by atoms with Crippen molar-refractivity contribution in [2.75, 3.05) is 13.1 Å². The Morgan fingerprint density at radius 1 is 1.33 bits per heavy atom. The van der Waals surface area contributed by atoms with Crippen LogP contribution in [0.2, 0.25) is 0 Å². The average molecular weight is 243 g/mol. The van der Waals surface area contributed by atoms with Gasteiger partial charge in [-0.05, 0) is 31.9 Å². The summed E-state index contributed by atoms with van der Waals surface area (Å²) in [4.78, 5) is 4.51. The van der Waals surface area contributed by atoms with Gasteiger partial charge in [0.1, 0.15) is 0 Å². The molecule has 18 heavy (non-hydrogen) atoms. The van der Waals surface area contributed by atoms with Gasteiger partial charge < -0.3 is 10.6 Å². The Kier molecular flexibility index (Phi) is 5.79. The van der Waals surface area contributed by atoms with Crippen molar-refractivity contribution in [2.45, 2.75) is 27.3 Å². The molecule has 0 amide bonds. The lowest BCUT2D eigenvalue weighted by atomic mass is 10.1. The second kappa shape index (κ2) is 7.39. The highest BCUT2D eigenvalue weighted by atomic mass is 15.2. The van der Waals surface area contributed by atoms with Crippen molar-refractivity contribution < 1.29 is 0 Å². The Hall–Kier alpha value is -1.95. The van der Waals surface area contributed by atoms with E-state index in [-0.39, 0.29) is 0 Å². The molecule has 0 fully saturated rings. The van der Waals surface area contributed by atoms with Gasteiger partial charge in [0.15, 0.2) is 5.96 Å². The van der Waals surface area contributed by atoms with Crippen LogP contribution in [0.5, 0.6) is 0 Å². The smallest absolute Gasteiger partial charge is 0.192 e. The van der Waals surface area contributed by atoms with Gasteiger partial charge in [0.05, 0.1) is 13.1 Å². The second-order valence-corrected chi connectivity index (χ2v) is 4.18. The summed E-state index contributed by atoms with van der Waals surface area (Å²) in [6.07, 6.45) is 5.23. The summed E-state index contributed by atoms with van der Waals surface area (Å²) in [5, 5.41) is 6.24. The molecule has 0 atom stereocenters. The monoisotopic (exact) mass is 243 g/mol. The molecule has 0 bridgehead atoms. The van der Waals surface area contributed by atoms with E-state index >= 15 is 0 Å². The van der Waals surface area contributed by atoms with Gasteiger partial charge in [0.25, 0.3) is 0 Å². The van der Waals surface area contributed by atoms with Crippen LogP contribution in [0.15, 0.2) is 23.2 Å². The minimum Gasteiger partial charge on any atom is -0.357 e. The molecule has 0 heterocycles. The molecule has 0 saturated heterocycles. The number of guanidine groups is 1. The van der Waals surface area contributed by atoms with E-state index in [1.807, 2.05) is 6.92 Å². The van der Waals surface area contributed by atoms with Crippen LogP contribution >= 0.6 is 0 Å². The molecule has 0 unspecified atom stereocenters. The Bertz CT molecular complexity index is 455. The van der Waals surface area contributed by atoms with Gasteiger partial charge in [-0.25, -0.2) is 4.99 Å². The van der Waals surface area contributed by atoms with Gasteiger partial charge in [-0.1, -0.05) is 29.7 Å². The first-order valence-corrected chi connectivity index (χ1v) is 6.19. The van der Waals surface area contributed by atoms with Crippen LogP contribution in [-0.2, 0) is 6.54 Å². The van der Waals surface area contributed by atoms with Gasteiger partial charge in [0.2, 0.25) is 0 Å². The largest absolute Gasteiger partial charge is 0.357 e. The molecule has 0 aliphatic heterocycles. The van der Waals surface area contributed by atoms with Gasteiger partial charge in [-0.2, -0.15) is 0 Å². The topological polar surface area (TPSA) is 36.4 Å². The van der Waals surface area contributed by atoms with Crippen LogP contribution in [0.4, 0.5) is 0 Å². The van der Waals surface area contributed by atoms with Crippen molar-refractivity contribution in [3.8, 4) is 12.3 Å². The highest BCUT2D eigenvalue weighted by Gasteiger charge is 1.99. The van der Waals surface area contributed by atoms with Crippen molar-refractivity contribution >= 4 is 5.96 Å². The van der Waals surface area contributed by atoms with E-state index in [1.54, 1.807) is 0 Å². The molecule has 0 spiro atoms. The summed E-state index contributed by atoms with van der Waals surface area (Å²) >= 11 is 0. The predicted octanol–water partition coefficient (Wildman–Crippen LogP) is 1.99. The molecule has 2 N–H and O–H groups in total. The van der Waals surface area contributed by atoms with E-state index < -0.39 is 0 Å². The first-order chi connectivity index (χ1) is 8.67. The SMILES string of the molecule is C#CCNC(=NCc1ccc(C)cc1C)NCC. The van der Waals surface area contributed by atoms with Gasteiger partial charge in [-0.3, -0.25) is 0 Å². The molecular formula is C15H21N3. The number of hydrogen-bond donors (Lipinski definition) is 2. The molecule has 1 aromatic rings. The number of aliphatic imine (C=N–C) groups is 1. The number of nitrogens with one attached hydrogen (secondary N) is 2. The van der Waals surface area contributed by atoms with Gasteiger partial charge >= 0.3 is 0 Å². The first-order valence-electron chi connectivity index (χ1n) is 6.19. The fourth-order valence-corrected chi connectivity index (χ4v) is 1.66. The van der Waals surface area contributed by atoms with E-state index in [2.05, 4.69) is 53.6 Å². The fourth-order valence-electron chi connectivity index (χ4n) is 1.66. The summed E-state index contributed by atoms with van der Waals surface area (Å²) in [5.41, 5.74) is 3.78. The molecule has 3 nitrogen and oxygen atoms in total. The van der Waals surface area contributed by atoms with Crippen LogP contribution in [0.3, 0.4) is 0 Å². The predicted molar refractivity (Wildman–Crippen MR) is 77.6 cm³/mol. The third-order valence-electron chi connectivity index (χ3n) is 2.61. The second-order valence-electron chi connectivity index (χ2n) is 4.18. The minimum atomic E-state index is 0.485. The van der Waals surface area contributed by atoms with Crippen molar-refractivity contribution in [1.82, 2.24) is 10.6 Å². The third kappa shape index (κ3) is 4.50. The maximum atomic E-state index is 5.23. The number of rotatable bonds is 4. The zero-order valence-corrected chi connectivity index (χ0v) is 11.4. The maximum absolute atomic E-state index is 5.23. The van der Waals surface area contributed by atoms with E-state index in [0.29, 0.717) is 13.1 Å². The number of terminal acetylenes is 1. The quantitative estimate of drug-likeness (QED) is 0.482. The minimum absolute atomic E-state index is 0.485. The summed E-state index contributed by atoms with van der Waals surface area (Å²) in [6, 6.07) is 6.41. The van der Waals surface area contributed by atoms with Crippen molar-refractivity contribution in [3.05, 3.63) is 34.9 Å². The van der Waals surface area contributed by atoms with E-state index in [9.17, 15) is 0 Å². The number of hydrogen-bond acceptors (Lipinski definition) is 1. The van der Waals surface area contributed by atoms with Crippen molar-refractivity contribution in [1.29, 1.82) is 0 Å². The number of nitrogens with zero attached hydrogens (tertiary/aromatic N) is 1. The Labute approximate surface area is 110 Å². The van der Waals surface area contributed by atoms with Crippen LogP contribution in [0.1, 0.15) is 23.6 Å². The van der Waals surface area contributed by atoms with Gasteiger partial charge in [0, 0.05) is 6.54 Å². The molecule has 0 saturated carbocycles. The van der Waals surface area contributed by atoms with Crippen molar-refractivity contribution in [2.24, 2.45) is 4.99 Å². The molecule has 0 aliphatic rings. The number of aryl methyl sites for hydroxylation is 2. The Balaban J connectivity index is 2.71. The standard InChI is InChI=1S/C15H21N3/c1-5-9-17-15(16-6-2)18-11-14-8-7-12(3)10-13(14)4/h1,7-8,10H,6,9,11H2,2-4H3,(H2,16,17,18). The Morgan fingerprint density at radius 3 is 2.72 bits per heavy atom. The van der Waals surface area contributed by atoms with Crippen LogP contribution in [-0.4, -0.2) is 19.0 Å². The summed E-state index contributed by atoms with van der Waals surface area (Å²) in [6.45, 7) is 8.20. The van der Waals surface area contributed by atoms with Crippen molar-refractivity contribution in [3.63, 3.8) is 0 Å². The van der Waals surface area contributed by atoms with Crippen LogP contribution < -0.4 is 10.6 Å². The molecule has 3 heteroatoms.